The topological polar surface area (TPSA) is 92.3 Å². The third-order valence-corrected chi connectivity index (χ3v) is 6.09. The molecule has 2 rings (SSSR count). The van der Waals surface area contributed by atoms with Crippen LogP contribution >= 0.6 is 23.1 Å². The van der Waals surface area contributed by atoms with E-state index in [1.807, 2.05) is 30.3 Å². The molecule has 0 saturated carbocycles. The average Bonchev–Trinajstić information content (AvgIpc) is 2.92. The van der Waals surface area contributed by atoms with Crippen molar-refractivity contribution in [2.45, 2.75) is 10.1 Å². The number of carbonyl (C=O) groups is 1. The molecule has 7 nitrogen and oxygen atoms in total. The van der Waals surface area contributed by atoms with Crippen LogP contribution in [0.1, 0.15) is 5.56 Å². The minimum atomic E-state index is -3.39. The molecule has 0 saturated heterocycles. The number of nitrogens with zero attached hydrogens (tertiary/aromatic N) is 3. The first kappa shape index (κ1) is 17.9. The van der Waals surface area contributed by atoms with Crippen LogP contribution < -0.4 is 5.32 Å². The molecule has 124 valence electrons. The number of carbonyl (C=O) groups excluding carboxylic acids is 1. The van der Waals surface area contributed by atoms with E-state index < -0.39 is 15.9 Å². The Morgan fingerprint density at radius 2 is 2.00 bits per heavy atom. The number of sulfonamides is 1. The minimum Gasteiger partial charge on any atom is -0.299 e. The largest absolute Gasteiger partial charge is 0.299 e. The van der Waals surface area contributed by atoms with E-state index in [1.54, 1.807) is 0 Å². The summed E-state index contributed by atoms with van der Waals surface area (Å²) < 4.78 is 24.2. The van der Waals surface area contributed by atoms with Crippen LogP contribution in [-0.4, -0.2) is 48.7 Å². The third kappa shape index (κ3) is 5.90. The molecule has 0 bridgehead atoms. The van der Waals surface area contributed by atoms with Gasteiger partial charge in [-0.25, -0.2) is 8.42 Å². The molecule has 0 atom stereocenters. The van der Waals surface area contributed by atoms with Gasteiger partial charge in [0.15, 0.2) is 4.34 Å². The van der Waals surface area contributed by atoms with Crippen molar-refractivity contribution in [1.82, 2.24) is 14.5 Å². The molecule has 1 aromatic heterocycles. The van der Waals surface area contributed by atoms with Gasteiger partial charge in [-0.2, -0.15) is 4.31 Å². The summed E-state index contributed by atoms with van der Waals surface area (Å²) in [5.74, 6) is 0.314. The fourth-order valence-corrected chi connectivity index (χ4v) is 3.59. The van der Waals surface area contributed by atoms with Crippen molar-refractivity contribution < 1.29 is 13.2 Å². The molecule has 0 radical (unpaired) electrons. The van der Waals surface area contributed by atoms with E-state index in [0.717, 1.165) is 20.7 Å². The van der Waals surface area contributed by atoms with Gasteiger partial charge in [-0.1, -0.05) is 53.4 Å². The molecule has 0 aliphatic rings. The zero-order chi connectivity index (χ0) is 16.9. The van der Waals surface area contributed by atoms with E-state index in [1.165, 1.54) is 35.7 Å². The van der Waals surface area contributed by atoms with Crippen molar-refractivity contribution >= 4 is 44.2 Å². The molecule has 0 aliphatic heterocycles. The molecule has 23 heavy (non-hydrogen) atoms. The highest BCUT2D eigenvalue weighted by Gasteiger charge is 2.16. The van der Waals surface area contributed by atoms with Crippen LogP contribution in [0.2, 0.25) is 0 Å². The molecule has 0 fully saturated rings. The number of amides is 1. The first-order chi connectivity index (χ1) is 10.8. The van der Waals surface area contributed by atoms with Crippen molar-refractivity contribution in [2.75, 3.05) is 25.2 Å². The van der Waals surface area contributed by atoms with Gasteiger partial charge in [-0.05, 0) is 5.56 Å². The Labute approximate surface area is 143 Å². The lowest BCUT2D eigenvalue weighted by Crippen LogP contribution is -2.34. The Morgan fingerprint density at radius 3 is 2.65 bits per heavy atom. The SMILES string of the molecule is CN(CC(=O)Nc1nnc(SCc2ccccc2)s1)S(C)(=O)=O. The number of nitrogens with one attached hydrogen (secondary N) is 1. The first-order valence-electron chi connectivity index (χ1n) is 6.56. The summed E-state index contributed by atoms with van der Waals surface area (Å²) in [6, 6.07) is 9.95. The first-order valence-corrected chi connectivity index (χ1v) is 10.2. The lowest BCUT2D eigenvalue weighted by Gasteiger charge is -2.12. The van der Waals surface area contributed by atoms with Crippen molar-refractivity contribution in [1.29, 1.82) is 0 Å². The minimum absolute atomic E-state index is 0.259. The maximum atomic E-state index is 11.8. The van der Waals surface area contributed by atoms with Gasteiger partial charge in [0.05, 0.1) is 12.8 Å². The van der Waals surface area contributed by atoms with E-state index in [-0.39, 0.29) is 6.54 Å². The van der Waals surface area contributed by atoms with Crippen molar-refractivity contribution in [3.05, 3.63) is 35.9 Å². The van der Waals surface area contributed by atoms with E-state index >= 15 is 0 Å². The van der Waals surface area contributed by atoms with Gasteiger partial charge >= 0.3 is 0 Å². The molecule has 1 amide bonds. The maximum Gasteiger partial charge on any atom is 0.241 e. The highest BCUT2D eigenvalue weighted by atomic mass is 32.2. The second kappa shape index (κ2) is 7.86. The second-order valence-corrected chi connectivity index (χ2v) is 9.00. The zero-order valence-corrected chi connectivity index (χ0v) is 15.0. The van der Waals surface area contributed by atoms with E-state index in [4.69, 9.17) is 0 Å². The number of hydrogen-bond acceptors (Lipinski definition) is 7. The summed E-state index contributed by atoms with van der Waals surface area (Å²) in [7, 11) is -2.05. The quantitative estimate of drug-likeness (QED) is 0.587. The molecule has 1 heterocycles. The monoisotopic (exact) mass is 372 g/mol. The molecule has 0 unspecified atom stereocenters. The Kier molecular flexibility index (Phi) is 6.10. The van der Waals surface area contributed by atoms with Crippen molar-refractivity contribution in [3.63, 3.8) is 0 Å². The Bertz CT molecular complexity index is 762. The summed E-state index contributed by atoms with van der Waals surface area (Å²) in [5.41, 5.74) is 1.17. The van der Waals surface area contributed by atoms with Gasteiger partial charge in [0.25, 0.3) is 0 Å². The predicted octanol–water partition coefficient (Wildman–Crippen LogP) is 1.66. The van der Waals surface area contributed by atoms with Crippen LogP contribution in [0.25, 0.3) is 0 Å². The van der Waals surface area contributed by atoms with Crippen LogP contribution in [0.15, 0.2) is 34.7 Å². The van der Waals surface area contributed by atoms with E-state index in [9.17, 15) is 13.2 Å². The highest BCUT2D eigenvalue weighted by Crippen LogP contribution is 2.28. The fourth-order valence-electron chi connectivity index (χ4n) is 1.52. The Morgan fingerprint density at radius 1 is 1.30 bits per heavy atom. The molecule has 0 aliphatic carbocycles. The summed E-state index contributed by atoms with van der Waals surface area (Å²) in [5, 5.41) is 10.8. The summed E-state index contributed by atoms with van der Waals surface area (Å²) in [6.45, 7) is -0.259. The van der Waals surface area contributed by atoms with Crippen LogP contribution in [0, 0.1) is 0 Å². The van der Waals surface area contributed by atoms with Crippen molar-refractivity contribution in [2.24, 2.45) is 0 Å². The summed E-state index contributed by atoms with van der Waals surface area (Å²) in [6.07, 6.45) is 1.05. The van der Waals surface area contributed by atoms with Gasteiger partial charge in [0, 0.05) is 12.8 Å². The third-order valence-electron chi connectivity index (χ3n) is 2.79. The lowest BCUT2D eigenvalue weighted by molar-refractivity contribution is -0.116. The normalized spacial score (nSPS) is 11.6. The number of aromatic nitrogens is 2. The smallest absolute Gasteiger partial charge is 0.241 e. The van der Waals surface area contributed by atoms with E-state index in [2.05, 4.69) is 15.5 Å². The predicted molar refractivity (Wildman–Crippen MR) is 92.0 cm³/mol. The standard InChI is InChI=1S/C13H16N4O3S3/c1-17(23(2,19)20)8-11(18)14-12-15-16-13(22-12)21-9-10-6-4-3-5-7-10/h3-7H,8-9H2,1-2H3,(H,14,15,18). The number of anilines is 1. The van der Waals surface area contributed by atoms with Crippen molar-refractivity contribution in [3.8, 4) is 0 Å². The van der Waals surface area contributed by atoms with Crippen LogP contribution in [0.3, 0.4) is 0 Å². The molecular weight excluding hydrogens is 356 g/mol. The number of benzene rings is 1. The average molecular weight is 372 g/mol. The zero-order valence-electron chi connectivity index (χ0n) is 12.6. The van der Waals surface area contributed by atoms with Gasteiger partial charge in [-0.15, -0.1) is 10.2 Å². The molecule has 2 aromatic rings. The molecule has 1 N–H and O–H groups in total. The fraction of sp³-hybridized carbons (Fsp3) is 0.308. The summed E-state index contributed by atoms with van der Waals surface area (Å²) in [4.78, 5) is 11.8. The molecule has 10 heteroatoms. The highest BCUT2D eigenvalue weighted by molar-refractivity contribution is 8.00. The second-order valence-electron chi connectivity index (χ2n) is 4.71. The van der Waals surface area contributed by atoms with E-state index in [0.29, 0.717) is 5.13 Å². The molecular formula is C13H16N4O3S3. The Balaban J connectivity index is 1.86. The molecule has 1 aromatic carbocycles. The van der Waals surface area contributed by atoms with Crippen LogP contribution in [-0.2, 0) is 20.6 Å². The molecule has 0 spiro atoms. The van der Waals surface area contributed by atoms with Gasteiger partial charge in [-0.3, -0.25) is 10.1 Å². The number of hydrogen-bond donors (Lipinski definition) is 1. The number of likely N-dealkylation sites (N-methyl/N-ethyl adjacent to an activating group) is 1. The summed E-state index contributed by atoms with van der Waals surface area (Å²) >= 11 is 2.78. The maximum absolute atomic E-state index is 11.8. The number of rotatable bonds is 7. The lowest BCUT2D eigenvalue weighted by atomic mass is 10.2. The number of thioether (sulfide) groups is 1. The Hall–Kier alpha value is -1.49. The van der Waals surface area contributed by atoms with Gasteiger partial charge in [0.1, 0.15) is 0 Å². The van der Waals surface area contributed by atoms with Crippen LogP contribution in [0.5, 0.6) is 0 Å². The van der Waals surface area contributed by atoms with Gasteiger partial charge < -0.3 is 0 Å². The van der Waals surface area contributed by atoms with Crippen LogP contribution in [0.4, 0.5) is 5.13 Å². The van der Waals surface area contributed by atoms with Gasteiger partial charge in [0.2, 0.25) is 21.1 Å².